The third kappa shape index (κ3) is 6.67. The van der Waals surface area contributed by atoms with E-state index in [2.05, 4.69) is 28.3 Å². The van der Waals surface area contributed by atoms with Gasteiger partial charge in [0.25, 0.3) is 0 Å². The van der Waals surface area contributed by atoms with Crippen LogP contribution in [0.5, 0.6) is 0 Å². The molecule has 1 atom stereocenters. The number of piperidine rings is 1. The van der Waals surface area contributed by atoms with Crippen LogP contribution >= 0.6 is 12.4 Å². The van der Waals surface area contributed by atoms with Crippen molar-refractivity contribution in [3.05, 3.63) is 41.5 Å². The zero-order valence-electron chi connectivity index (χ0n) is 15.7. The predicted octanol–water partition coefficient (Wildman–Crippen LogP) is 4.24. The quantitative estimate of drug-likeness (QED) is 0.581. The number of hydrogen-bond acceptors (Lipinski definition) is 4. The third-order valence-electron chi connectivity index (χ3n) is 5.15. The molecule has 148 valence electrons. The van der Waals surface area contributed by atoms with Crippen molar-refractivity contribution < 1.29 is 14.7 Å². The summed E-state index contributed by atoms with van der Waals surface area (Å²) >= 11 is 0. The summed E-state index contributed by atoms with van der Waals surface area (Å²) in [6.07, 6.45) is 8.29. The molecular weight excluding hydrogens is 364 g/mol. The minimum Gasteiger partial charge on any atom is -0.481 e. The van der Waals surface area contributed by atoms with Crippen LogP contribution < -0.4 is 0 Å². The molecule has 27 heavy (non-hydrogen) atoms. The highest BCUT2D eigenvalue weighted by atomic mass is 35.5. The van der Waals surface area contributed by atoms with Crippen LogP contribution in [0.2, 0.25) is 0 Å². The maximum atomic E-state index is 11.1. The van der Waals surface area contributed by atoms with Gasteiger partial charge in [-0.25, -0.2) is 0 Å². The number of likely N-dealkylation sites (tertiary alicyclic amines) is 1. The average Bonchev–Trinajstić information content (AvgIpc) is 2.67. The van der Waals surface area contributed by atoms with Crippen molar-refractivity contribution in [3.8, 4) is 0 Å². The topological polar surface area (TPSA) is 62.1 Å². The molecule has 1 saturated heterocycles. The standard InChI is InChI=1S/C21H28N2O3.ClH/c24-21(25)19-10-6-12-23(16-19)13-14-26-22-20-11-5-4-9-18(20)15-17-7-2-1-3-8-17;/h1-3,7-8,15,19H,4-6,9-14,16H2,(H,24,25);1H. The number of benzene rings is 1. The second kappa shape index (κ2) is 11.1. The first kappa shape index (κ1) is 21.5. The van der Waals surface area contributed by atoms with E-state index in [0.717, 1.165) is 50.9 Å². The van der Waals surface area contributed by atoms with Crippen LogP contribution in [0.15, 0.2) is 41.1 Å². The summed E-state index contributed by atoms with van der Waals surface area (Å²) < 4.78 is 0. The lowest BCUT2D eigenvalue weighted by Crippen LogP contribution is -2.40. The molecule has 0 spiro atoms. The van der Waals surface area contributed by atoms with Crippen LogP contribution in [0.3, 0.4) is 0 Å². The highest BCUT2D eigenvalue weighted by molar-refractivity contribution is 6.03. The van der Waals surface area contributed by atoms with E-state index in [0.29, 0.717) is 13.2 Å². The van der Waals surface area contributed by atoms with Crippen LogP contribution in [0, 0.1) is 5.92 Å². The van der Waals surface area contributed by atoms with Crippen LogP contribution in [-0.4, -0.2) is 47.9 Å². The highest BCUT2D eigenvalue weighted by Gasteiger charge is 2.25. The molecule has 1 unspecified atom stereocenters. The number of rotatable bonds is 6. The molecule has 0 amide bonds. The number of hydrogen-bond donors (Lipinski definition) is 1. The van der Waals surface area contributed by atoms with Crippen molar-refractivity contribution in [2.75, 3.05) is 26.2 Å². The maximum Gasteiger partial charge on any atom is 0.307 e. The van der Waals surface area contributed by atoms with Crippen molar-refractivity contribution in [2.24, 2.45) is 11.1 Å². The lowest BCUT2D eigenvalue weighted by molar-refractivity contribution is -0.143. The van der Waals surface area contributed by atoms with Gasteiger partial charge in [-0.3, -0.25) is 9.69 Å². The van der Waals surface area contributed by atoms with Crippen molar-refractivity contribution in [1.29, 1.82) is 0 Å². The van der Waals surface area contributed by atoms with Crippen LogP contribution in [0.25, 0.3) is 6.08 Å². The summed E-state index contributed by atoms with van der Waals surface area (Å²) in [5, 5.41) is 13.6. The molecule has 0 aromatic heterocycles. The number of nitrogens with zero attached hydrogens (tertiary/aromatic N) is 2. The van der Waals surface area contributed by atoms with Crippen molar-refractivity contribution >= 4 is 30.2 Å². The summed E-state index contributed by atoms with van der Waals surface area (Å²) in [5.41, 5.74) is 3.53. The van der Waals surface area contributed by atoms with Crippen molar-refractivity contribution in [2.45, 2.75) is 38.5 Å². The summed E-state index contributed by atoms with van der Waals surface area (Å²) in [6, 6.07) is 10.3. The lowest BCUT2D eigenvalue weighted by atomic mass is 9.91. The van der Waals surface area contributed by atoms with E-state index in [1.807, 2.05) is 18.2 Å². The molecule has 1 aliphatic carbocycles. The Morgan fingerprint density at radius 3 is 2.78 bits per heavy atom. The molecule has 1 aromatic carbocycles. The van der Waals surface area contributed by atoms with E-state index >= 15 is 0 Å². The van der Waals surface area contributed by atoms with Gasteiger partial charge < -0.3 is 9.94 Å². The number of carboxylic acids is 1. The van der Waals surface area contributed by atoms with Crippen LogP contribution in [0.1, 0.15) is 44.1 Å². The molecule has 0 radical (unpaired) electrons. The number of allylic oxidation sites excluding steroid dienone is 1. The fourth-order valence-corrected chi connectivity index (χ4v) is 3.68. The molecule has 3 rings (SSSR count). The minimum absolute atomic E-state index is 0. The predicted molar refractivity (Wildman–Crippen MR) is 110 cm³/mol. The zero-order valence-corrected chi connectivity index (χ0v) is 16.5. The first-order valence-electron chi connectivity index (χ1n) is 9.62. The lowest BCUT2D eigenvalue weighted by Gasteiger charge is -2.30. The highest BCUT2D eigenvalue weighted by Crippen LogP contribution is 2.23. The Labute approximate surface area is 167 Å². The third-order valence-corrected chi connectivity index (χ3v) is 5.15. The van der Waals surface area contributed by atoms with Gasteiger partial charge in [0.1, 0.15) is 6.61 Å². The molecule has 1 aromatic rings. The van der Waals surface area contributed by atoms with E-state index in [1.165, 1.54) is 17.6 Å². The molecule has 1 aliphatic heterocycles. The monoisotopic (exact) mass is 392 g/mol. The van der Waals surface area contributed by atoms with Gasteiger partial charge in [0.15, 0.2) is 0 Å². The Morgan fingerprint density at radius 1 is 1.22 bits per heavy atom. The van der Waals surface area contributed by atoms with Crippen LogP contribution in [0.4, 0.5) is 0 Å². The molecule has 1 saturated carbocycles. The molecule has 0 bridgehead atoms. The van der Waals surface area contributed by atoms with Crippen LogP contribution in [-0.2, 0) is 9.63 Å². The summed E-state index contributed by atoms with van der Waals surface area (Å²) in [4.78, 5) is 18.9. The number of halogens is 1. The van der Waals surface area contributed by atoms with E-state index in [1.54, 1.807) is 0 Å². The molecule has 5 nitrogen and oxygen atoms in total. The van der Waals surface area contributed by atoms with Gasteiger partial charge in [0.2, 0.25) is 0 Å². The summed E-state index contributed by atoms with van der Waals surface area (Å²) in [5.74, 6) is -0.928. The molecule has 1 heterocycles. The second-order valence-corrected chi connectivity index (χ2v) is 7.14. The fourth-order valence-electron chi connectivity index (χ4n) is 3.68. The molecule has 2 aliphatic rings. The van der Waals surface area contributed by atoms with E-state index in [-0.39, 0.29) is 18.3 Å². The van der Waals surface area contributed by atoms with Gasteiger partial charge in [-0.1, -0.05) is 35.5 Å². The second-order valence-electron chi connectivity index (χ2n) is 7.14. The van der Waals surface area contributed by atoms with E-state index in [9.17, 15) is 4.79 Å². The smallest absolute Gasteiger partial charge is 0.307 e. The van der Waals surface area contributed by atoms with Gasteiger partial charge in [-0.05, 0) is 62.3 Å². The molecular formula is C21H29ClN2O3. The Bertz CT molecular complexity index is 661. The van der Waals surface area contributed by atoms with Gasteiger partial charge in [0, 0.05) is 13.1 Å². The van der Waals surface area contributed by atoms with E-state index in [4.69, 9.17) is 9.94 Å². The first-order valence-corrected chi connectivity index (χ1v) is 9.62. The SMILES string of the molecule is Cl.O=C(O)C1CCCN(CCON=C2CCCCC2=Cc2ccccc2)C1. The Kier molecular flexibility index (Phi) is 8.82. The summed E-state index contributed by atoms with van der Waals surface area (Å²) in [7, 11) is 0. The van der Waals surface area contributed by atoms with Crippen molar-refractivity contribution in [3.63, 3.8) is 0 Å². The maximum absolute atomic E-state index is 11.1. The largest absolute Gasteiger partial charge is 0.481 e. The Hall–Kier alpha value is -1.85. The molecule has 1 N–H and O–H groups in total. The number of aliphatic carboxylic acids is 1. The average molecular weight is 393 g/mol. The van der Waals surface area contributed by atoms with Gasteiger partial charge in [-0.2, -0.15) is 0 Å². The molecule has 6 heteroatoms. The Balaban J connectivity index is 0.00000261. The fraction of sp³-hybridized carbons (Fsp3) is 0.524. The normalized spacial score (nSPS) is 23.8. The Morgan fingerprint density at radius 2 is 2.00 bits per heavy atom. The minimum atomic E-state index is -0.686. The first-order chi connectivity index (χ1) is 12.7. The summed E-state index contributed by atoms with van der Waals surface area (Å²) in [6.45, 7) is 2.81. The van der Waals surface area contributed by atoms with Crippen molar-refractivity contribution in [1.82, 2.24) is 4.90 Å². The van der Waals surface area contributed by atoms with Gasteiger partial charge >= 0.3 is 5.97 Å². The van der Waals surface area contributed by atoms with Gasteiger partial charge in [-0.15, -0.1) is 12.4 Å². The number of carbonyl (C=O) groups is 1. The zero-order chi connectivity index (χ0) is 18.2. The molecule has 2 fully saturated rings. The number of oxime groups is 1. The van der Waals surface area contributed by atoms with E-state index < -0.39 is 5.97 Å². The number of carboxylic acid groups (broad SMARTS) is 1. The van der Waals surface area contributed by atoms with Gasteiger partial charge in [0.05, 0.1) is 11.6 Å².